The number of aromatic nitrogens is 2. The monoisotopic (exact) mass is 310 g/mol. The van der Waals surface area contributed by atoms with Crippen LogP contribution in [-0.4, -0.2) is 23.1 Å². The van der Waals surface area contributed by atoms with E-state index >= 15 is 0 Å². The summed E-state index contributed by atoms with van der Waals surface area (Å²) in [7, 11) is 1.82. The Bertz CT molecular complexity index is 501. The van der Waals surface area contributed by atoms with E-state index in [9.17, 15) is 0 Å². The van der Waals surface area contributed by atoms with Crippen molar-refractivity contribution in [2.75, 3.05) is 17.7 Å². The number of anilines is 2. The molecule has 5 nitrogen and oxygen atoms in total. The van der Waals surface area contributed by atoms with E-state index in [2.05, 4.69) is 43.5 Å². The van der Waals surface area contributed by atoms with Gasteiger partial charge in [0.15, 0.2) is 0 Å². The van der Waals surface area contributed by atoms with Gasteiger partial charge in [0, 0.05) is 19.5 Å². The third-order valence-electron chi connectivity index (χ3n) is 2.50. The molecule has 0 spiro atoms. The van der Waals surface area contributed by atoms with Crippen LogP contribution in [0.3, 0.4) is 0 Å². The maximum absolute atomic E-state index is 5.32. The van der Waals surface area contributed by atoms with Crippen molar-refractivity contribution in [1.29, 1.82) is 0 Å². The first-order valence-corrected chi connectivity index (χ1v) is 6.47. The number of nitrogens with zero attached hydrogens (tertiary/aromatic N) is 2. The molecule has 2 aromatic heterocycles. The summed E-state index contributed by atoms with van der Waals surface area (Å²) in [6.07, 6.45) is 4.01. The molecule has 2 N–H and O–H groups in total. The van der Waals surface area contributed by atoms with Crippen molar-refractivity contribution in [3.05, 3.63) is 35.0 Å². The molecule has 2 heterocycles. The third kappa shape index (κ3) is 3.01. The molecule has 0 saturated carbocycles. The molecule has 96 valence electrons. The van der Waals surface area contributed by atoms with Gasteiger partial charge in [0.05, 0.1) is 6.26 Å². The summed E-state index contributed by atoms with van der Waals surface area (Å²) in [5.41, 5.74) is 0. The molecule has 2 rings (SSSR count). The van der Waals surface area contributed by atoms with Crippen molar-refractivity contribution in [2.45, 2.75) is 19.4 Å². The van der Waals surface area contributed by atoms with Gasteiger partial charge >= 0.3 is 0 Å². The lowest BCUT2D eigenvalue weighted by molar-refractivity contribution is 0.497. The maximum atomic E-state index is 5.32. The van der Waals surface area contributed by atoms with Crippen molar-refractivity contribution in [2.24, 2.45) is 0 Å². The molecule has 0 aromatic carbocycles. The Morgan fingerprint density at radius 1 is 1.39 bits per heavy atom. The van der Waals surface area contributed by atoms with Gasteiger partial charge in [-0.1, -0.05) is 0 Å². The first-order chi connectivity index (χ1) is 8.70. The number of hydrogen-bond acceptors (Lipinski definition) is 5. The Balaban J connectivity index is 2.05. The molecule has 18 heavy (non-hydrogen) atoms. The minimum absolute atomic E-state index is 0.215. The molecule has 0 saturated heterocycles. The van der Waals surface area contributed by atoms with E-state index < -0.39 is 0 Å². The minimum atomic E-state index is 0.215. The first-order valence-electron chi connectivity index (χ1n) is 5.68. The first kappa shape index (κ1) is 12.9. The second kappa shape index (κ2) is 5.86. The molecule has 0 amide bonds. The number of halogens is 1. The second-order valence-corrected chi connectivity index (χ2v) is 4.76. The zero-order chi connectivity index (χ0) is 13.0. The van der Waals surface area contributed by atoms with Crippen LogP contribution in [0.4, 0.5) is 11.6 Å². The lowest BCUT2D eigenvalue weighted by atomic mass is 10.2. The molecule has 0 aliphatic heterocycles. The average Bonchev–Trinajstić information content (AvgIpc) is 2.84. The summed E-state index contributed by atoms with van der Waals surface area (Å²) in [4.78, 5) is 8.33. The van der Waals surface area contributed by atoms with E-state index in [1.807, 2.05) is 19.2 Å². The van der Waals surface area contributed by atoms with Crippen LogP contribution < -0.4 is 10.6 Å². The van der Waals surface area contributed by atoms with Crippen LogP contribution in [0.5, 0.6) is 0 Å². The Morgan fingerprint density at radius 3 is 2.83 bits per heavy atom. The zero-order valence-electron chi connectivity index (χ0n) is 10.3. The smallest absolute Gasteiger partial charge is 0.146 e. The highest BCUT2D eigenvalue weighted by Gasteiger charge is 2.11. The van der Waals surface area contributed by atoms with Crippen LogP contribution in [0.1, 0.15) is 12.7 Å². The van der Waals surface area contributed by atoms with Gasteiger partial charge in [-0.25, -0.2) is 9.97 Å². The summed E-state index contributed by atoms with van der Waals surface area (Å²) in [6.45, 7) is 2.08. The van der Waals surface area contributed by atoms with Gasteiger partial charge < -0.3 is 15.1 Å². The summed E-state index contributed by atoms with van der Waals surface area (Å²) >= 11 is 3.47. The van der Waals surface area contributed by atoms with Gasteiger partial charge in [-0.3, -0.25) is 0 Å². The van der Waals surface area contributed by atoms with Gasteiger partial charge in [0.1, 0.15) is 28.2 Å². The summed E-state index contributed by atoms with van der Waals surface area (Å²) in [5, 5.41) is 6.32. The van der Waals surface area contributed by atoms with Crippen molar-refractivity contribution in [1.82, 2.24) is 9.97 Å². The highest BCUT2D eigenvalue weighted by molar-refractivity contribution is 9.10. The van der Waals surface area contributed by atoms with E-state index in [0.29, 0.717) is 0 Å². The molecule has 0 aliphatic carbocycles. The van der Waals surface area contributed by atoms with Crippen molar-refractivity contribution < 1.29 is 4.42 Å². The number of rotatable bonds is 5. The number of hydrogen-bond donors (Lipinski definition) is 2. The molecule has 0 fully saturated rings. The maximum Gasteiger partial charge on any atom is 0.146 e. The van der Waals surface area contributed by atoms with Gasteiger partial charge in [-0.2, -0.15) is 0 Å². The molecule has 1 unspecified atom stereocenters. The number of nitrogens with one attached hydrogen (secondary N) is 2. The van der Waals surface area contributed by atoms with Crippen LogP contribution in [0, 0.1) is 0 Å². The third-order valence-corrected chi connectivity index (χ3v) is 3.25. The highest BCUT2D eigenvalue weighted by atomic mass is 79.9. The van der Waals surface area contributed by atoms with E-state index in [4.69, 9.17) is 4.42 Å². The lowest BCUT2D eigenvalue weighted by Gasteiger charge is -2.15. The van der Waals surface area contributed by atoms with E-state index in [-0.39, 0.29) is 6.04 Å². The SMILES string of the molecule is CNc1ncnc(NC(C)Cc2ccco2)c1Br. The van der Waals surface area contributed by atoms with Crippen molar-refractivity contribution in [3.8, 4) is 0 Å². The van der Waals surface area contributed by atoms with Crippen LogP contribution >= 0.6 is 15.9 Å². The second-order valence-electron chi connectivity index (χ2n) is 3.96. The van der Waals surface area contributed by atoms with Crippen LogP contribution in [-0.2, 0) is 6.42 Å². The quantitative estimate of drug-likeness (QED) is 0.889. The van der Waals surface area contributed by atoms with E-state index in [1.54, 1.807) is 6.26 Å². The fraction of sp³-hybridized carbons (Fsp3) is 0.333. The normalized spacial score (nSPS) is 12.2. The molecule has 6 heteroatoms. The molecular weight excluding hydrogens is 296 g/mol. The van der Waals surface area contributed by atoms with Gasteiger partial charge in [0.2, 0.25) is 0 Å². The average molecular weight is 311 g/mol. The largest absolute Gasteiger partial charge is 0.469 e. The molecule has 0 aliphatic rings. The number of furan rings is 1. The lowest BCUT2D eigenvalue weighted by Crippen LogP contribution is -2.19. The van der Waals surface area contributed by atoms with E-state index in [1.165, 1.54) is 6.33 Å². The predicted octanol–water partition coefficient (Wildman–Crippen LogP) is 2.92. The molecule has 0 bridgehead atoms. The fourth-order valence-electron chi connectivity index (χ4n) is 1.66. The van der Waals surface area contributed by atoms with Gasteiger partial charge in [-0.15, -0.1) is 0 Å². The van der Waals surface area contributed by atoms with Gasteiger partial charge in [-0.05, 0) is 35.0 Å². The molecule has 0 radical (unpaired) electrons. The standard InChI is InChI=1S/C12H15BrN4O/c1-8(6-9-4-3-5-18-9)17-12-10(13)11(14-2)15-7-16-12/h3-5,7-8H,6H2,1-2H3,(H2,14,15,16,17). The van der Waals surface area contributed by atoms with Crippen molar-refractivity contribution in [3.63, 3.8) is 0 Å². The van der Waals surface area contributed by atoms with Crippen LogP contribution in [0.2, 0.25) is 0 Å². The fourth-order valence-corrected chi connectivity index (χ4v) is 2.18. The Labute approximate surface area is 114 Å². The molecule has 1 atom stereocenters. The summed E-state index contributed by atoms with van der Waals surface area (Å²) < 4.78 is 6.15. The molecule has 2 aromatic rings. The molecular formula is C12H15BrN4O. The predicted molar refractivity (Wildman–Crippen MR) is 74.8 cm³/mol. The Kier molecular flexibility index (Phi) is 4.19. The van der Waals surface area contributed by atoms with Gasteiger partial charge in [0.25, 0.3) is 0 Å². The topological polar surface area (TPSA) is 63.0 Å². The Hall–Kier alpha value is -1.56. The summed E-state index contributed by atoms with van der Waals surface area (Å²) in [6, 6.07) is 4.07. The van der Waals surface area contributed by atoms with Crippen LogP contribution in [0.15, 0.2) is 33.6 Å². The Morgan fingerprint density at radius 2 is 2.17 bits per heavy atom. The summed E-state index contributed by atoms with van der Waals surface area (Å²) in [5.74, 6) is 2.49. The van der Waals surface area contributed by atoms with Crippen LogP contribution in [0.25, 0.3) is 0 Å². The van der Waals surface area contributed by atoms with E-state index in [0.717, 1.165) is 28.3 Å². The minimum Gasteiger partial charge on any atom is -0.469 e. The van der Waals surface area contributed by atoms with Crippen molar-refractivity contribution >= 4 is 27.6 Å². The zero-order valence-corrected chi connectivity index (χ0v) is 11.9. The highest BCUT2D eigenvalue weighted by Crippen LogP contribution is 2.26.